The van der Waals surface area contributed by atoms with E-state index in [1.165, 1.54) is 7.11 Å². The van der Waals surface area contributed by atoms with E-state index in [4.69, 9.17) is 4.74 Å². The molecule has 2 aromatic carbocycles. The van der Waals surface area contributed by atoms with Gasteiger partial charge in [-0.05, 0) is 36.4 Å². The summed E-state index contributed by atoms with van der Waals surface area (Å²) >= 11 is 3.32. The van der Waals surface area contributed by atoms with Crippen molar-refractivity contribution in [3.05, 3.63) is 58.6 Å². The van der Waals surface area contributed by atoms with E-state index in [2.05, 4.69) is 31.6 Å². The van der Waals surface area contributed by atoms with Crippen LogP contribution in [0.15, 0.2) is 53.0 Å². The number of hydrogen-bond acceptors (Lipinski definition) is 4. The van der Waals surface area contributed by atoms with Crippen LogP contribution in [-0.4, -0.2) is 25.5 Å². The number of halogens is 1. The lowest BCUT2D eigenvalue weighted by molar-refractivity contribution is -0.118. The fourth-order valence-corrected chi connectivity index (χ4v) is 2.07. The van der Waals surface area contributed by atoms with Gasteiger partial charge in [0.15, 0.2) is 6.61 Å². The Labute approximate surface area is 141 Å². The number of carbonyl (C=O) groups is 2. The molecule has 6 nitrogen and oxygen atoms in total. The second-order valence-electron chi connectivity index (χ2n) is 4.48. The number of hydrogen-bond donors (Lipinski definition) is 2. The van der Waals surface area contributed by atoms with Crippen LogP contribution in [0.2, 0.25) is 0 Å². The highest BCUT2D eigenvalue weighted by molar-refractivity contribution is 9.10. The molecule has 0 fully saturated rings. The summed E-state index contributed by atoms with van der Waals surface area (Å²) in [5.41, 5.74) is 3.15. The summed E-state index contributed by atoms with van der Waals surface area (Å²) in [6, 6.07) is 13.8. The molecule has 0 saturated heterocycles. The Balaban J connectivity index is 1.96. The van der Waals surface area contributed by atoms with E-state index in [0.717, 1.165) is 4.47 Å². The van der Waals surface area contributed by atoms with Gasteiger partial charge in [0.2, 0.25) is 0 Å². The third-order valence-electron chi connectivity index (χ3n) is 2.81. The molecule has 0 bridgehead atoms. The molecule has 2 aromatic rings. The van der Waals surface area contributed by atoms with Crippen LogP contribution in [0.5, 0.6) is 5.75 Å². The average Bonchev–Trinajstić information content (AvgIpc) is 2.55. The lowest BCUT2D eigenvalue weighted by Gasteiger charge is -2.11. The number of anilines is 1. The van der Waals surface area contributed by atoms with Crippen molar-refractivity contribution in [3.63, 3.8) is 0 Å². The molecule has 2 N–H and O–H groups in total. The molecule has 0 heterocycles. The zero-order valence-electron chi connectivity index (χ0n) is 12.3. The molecule has 0 saturated carbocycles. The molecule has 0 spiro atoms. The van der Waals surface area contributed by atoms with E-state index in [1.807, 2.05) is 12.1 Å². The number of rotatable bonds is 6. The summed E-state index contributed by atoms with van der Waals surface area (Å²) < 4.78 is 6.35. The Bertz CT molecular complexity index is 689. The SMILES string of the molecule is CONC(=O)c1ccccc1OCC(=O)Nc1ccc(Br)cc1. The Morgan fingerprint density at radius 2 is 1.78 bits per heavy atom. The molecule has 2 rings (SSSR count). The molecule has 0 unspecified atom stereocenters. The highest BCUT2D eigenvalue weighted by Gasteiger charge is 2.13. The normalized spacial score (nSPS) is 10.0. The van der Waals surface area contributed by atoms with Gasteiger partial charge < -0.3 is 10.1 Å². The highest BCUT2D eigenvalue weighted by atomic mass is 79.9. The predicted molar refractivity (Wildman–Crippen MR) is 89.2 cm³/mol. The van der Waals surface area contributed by atoms with Gasteiger partial charge >= 0.3 is 0 Å². The van der Waals surface area contributed by atoms with Crippen LogP contribution in [0.1, 0.15) is 10.4 Å². The van der Waals surface area contributed by atoms with E-state index in [-0.39, 0.29) is 18.1 Å². The number of benzene rings is 2. The molecular formula is C16H15BrN2O4. The van der Waals surface area contributed by atoms with Crippen LogP contribution in [0.25, 0.3) is 0 Å². The lowest BCUT2D eigenvalue weighted by Crippen LogP contribution is -2.24. The largest absolute Gasteiger partial charge is 0.483 e. The minimum absolute atomic E-state index is 0.215. The van der Waals surface area contributed by atoms with E-state index in [9.17, 15) is 9.59 Å². The molecule has 0 aliphatic carbocycles. The van der Waals surface area contributed by atoms with E-state index >= 15 is 0 Å². The standard InChI is InChI=1S/C16H15BrN2O4/c1-22-19-16(21)13-4-2-3-5-14(13)23-10-15(20)18-12-8-6-11(17)7-9-12/h2-9H,10H2,1H3,(H,18,20)(H,19,21). The lowest BCUT2D eigenvalue weighted by atomic mass is 10.2. The summed E-state index contributed by atoms with van der Waals surface area (Å²) in [5, 5.41) is 2.70. The van der Waals surface area contributed by atoms with Crippen LogP contribution in [0.3, 0.4) is 0 Å². The van der Waals surface area contributed by atoms with Gasteiger partial charge in [-0.3, -0.25) is 14.4 Å². The molecule has 120 valence electrons. The Morgan fingerprint density at radius 3 is 2.48 bits per heavy atom. The number of carbonyl (C=O) groups excluding carboxylic acids is 2. The smallest absolute Gasteiger partial charge is 0.278 e. The number of amides is 2. The van der Waals surface area contributed by atoms with Crippen molar-refractivity contribution < 1.29 is 19.2 Å². The zero-order chi connectivity index (χ0) is 16.7. The summed E-state index contributed by atoms with van der Waals surface area (Å²) in [6.07, 6.45) is 0. The van der Waals surface area contributed by atoms with Crippen LogP contribution >= 0.6 is 15.9 Å². The van der Waals surface area contributed by atoms with Crippen molar-refractivity contribution in [2.45, 2.75) is 0 Å². The topological polar surface area (TPSA) is 76.7 Å². The number of ether oxygens (including phenoxy) is 1. The van der Waals surface area contributed by atoms with Crippen molar-refractivity contribution in [2.75, 3.05) is 19.0 Å². The quantitative estimate of drug-likeness (QED) is 0.757. The van der Waals surface area contributed by atoms with Gasteiger partial charge in [-0.1, -0.05) is 28.1 Å². The molecule has 0 radical (unpaired) electrons. The van der Waals surface area contributed by atoms with Gasteiger partial charge in [0.05, 0.1) is 12.7 Å². The first kappa shape index (κ1) is 17.0. The molecule has 0 aromatic heterocycles. The van der Waals surface area contributed by atoms with Crippen molar-refractivity contribution in [1.29, 1.82) is 0 Å². The van der Waals surface area contributed by atoms with Gasteiger partial charge in [0.1, 0.15) is 5.75 Å². The fourth-order valence-electron chi connectivity index (χ4n) is 1.80. The zero-order valence-corrected chi connectivity index (χ0v) is 13.9. The average molecular weight is 379 g/mol. The summed E-state index contributed by atoms with van der Waals surface area (Å²) in [6.45, 7) is -0.215. The van der Waals surface area contributed by atoms with E-state index in [0.29, 0.717) is 11.4 Å². The number of nitrogens with one attached hydrogen (secondary N) is 2. The van der Waals surface area contributed by atoms with Gasteiger partial charge in [-0.25, -0.2) is 5.48 Å². The van der Waals surface area contributed by atoms with E-state index < -0.39 is 5.91 Å². The monoisotopic (exact) mass is 378 g/mol. The van der Waals surface area contributed by atoms with Crippen LogP contribution in [0, 0.1) is 0 Å². The summed E-state index contributed by atoms with van der Waals surface area (Å²) in [7, 11) is 1.34. The maximum atomic E-state index is 11.9. The van der Waals surface area contributed by atoms with Gasteiger partial charge in [-0.2, -0.15) is 0 Å². The number of para-hydroxylation sites is 1. The van der Waals surface area contributed by atoms with Crippen LogP contribution < -0.4 is 15.5 Å². The number of hydroxylamine groups is 1. The molecule has 23 heavy (non-hydrogen) atoms. The molecule has 7 heteroatoms. The Hall–Kier alpha value is -2.38. The van der Waals surface area contributed by atoms with Gasteiger partial charge in [0, 0.05) is 10.2 Å². The molecule has 0 aliphatic heterocycles. The first-order valence-corrected chi connectivity index (χ1v) is 7.50. The second kappa shape index (κ2) is 8.30. The molecular weight excluding hydrogens is 364 g/mol. The van der Waals surface area contributed by atoms with Crippen molar-refractivity contribution >= 4 is 33.4 Å². The Kier molecular flexibility index (Phi) is 6.13. The first-order valence-electron chi connectivity index (χ1n) is 6.70. The molecule has 0 aliphatic rings. The maximum absolute atomic E-state index is 11.9. The van der Waals surface area contributed by atoms with Crippen LogP contribution in [0.4, 0.5) is 5.69 Å². The third-order valence-corrected chi connectivity index (χ3v) is 3.34. The van der Waals surface area contributed by atoms with Crippen molar-refractivity contribution in [1.82, 2.24) is 5.48 Å². The van der Waals surface area contributed by atoms with E-state index in [1.54, 1.807) is 36.4 Å². The van der Waals surface area contributed by atoms with Gasteiger partial charge in [-0.15, -0.1) is 0 Å². The Morgan fingerprint density at radius 1 is 1.09 bits per heavy atom. The van der Waals surface area contributed by atoms with Crippen LogP contribution in [-0.2, 0) is 9.63 Å². The minimum atomic E-state index is -0.448. The first-order chi connectivity index (χ1) is 11.1. The highest BCUT2D eigenvalue weighted by Crippen LogP contribution is 2.18. The van der Waals surface area contributed by atoms with Gasteiger partial charge in [0.25, 0.3) is 11.8 Å². The van der Waals surface area contributed by atoms with Crippen molar-refractivity contribution in [2.24, 2.45) is 0 Å². The van der Waals surface area contributed by atoms with Crippen molar-refractivity contribution in [3.8, 4) is 5.75 Å². The maximum Gasteiger partial charge on any atom is 0.278 e. The summed E-state index contributed by atoms with van der Waals surface area (Å²) in [5.74, 6) is -0.473. The fraction of sp³-hybridized carbons (Fsp3) is 0.125. The second-order valence-corrected chi connectivity index (χ2v) is 5.39. The molecule has 2 amide bonds. The third kappa shape index (κ3) is 5.08. The minimum Gasteiger partial charge on any atom is -0.483 e. The summed E-state index contributed by atoms with van der Waals surface area (Å²) in [4.78, 5) is 28.3. The predicted octanol–water partition coefficient (Wildman–Crippen LogP) is 2.76. The molecule has 0 atom stereocenters.